The molecule has 2 fully saturated rings. The Morgan fingerprint density at radius 2 is 1.82 bits per heavy atom. The summed E-state index contributed by atoms with van der Waals surface area (Å²) in [4.78, 5) is 4.28. The minimum Gasteiger partial charge on any atom is -0.375 e. The average molecular weight is 382 g/mol. The summed E-state index contributed by atoms with van der Waals surface area (Å²) in [6, 6.07) is 9.40. The quantitative estimate of drug-likeness (QED) is 0.548. The number of aromatic nitrogens is 1. The topological polar surface area (TPSA) is 22.1 Å². The van der Waals surface area contributed by atoms with E-state index < -0.39 is 0 Å². The van der Waals surface area contributed by atoms with Crippen molar-refractivity contribution in [2.75, 3.05) is 6.61 Å². The van der Waals surface area contributed by atoms with Crippen molar-refractivity contribution >= 4 is 0 Å². The van der Waals surface area contributed by atoms with E-state index in [1.54, 1.807) is 12.1 Å². The molecule has 2 aromatic rings. The smallest absolute Gasteiger partial charge is 0.123 e. The number of hydrogen-bond donors (Lipinski definition) is 0. The van der Waals surface area contributed by atoms with Crippen LogP contribution in [0.1, 0.15) is 74.5 Å². The Morgan fingerprint density at radius 1 is 1.04 bits per heavy atom. The maximum atomic E-state index is 13.6. The van der Waals surface area contributed by atoms with Crippen LogP contribution in [0.15, 0.2) is 42.7 Å². The maximum absolute atomic E-state index is 13.6. The van der Waals surface area contributed by atoms with Crippen LogP contribution in [0.5, 0.6) is 0 Å². The normalized spacial score (nSPS) is 23.9. The molecule has 1 atom stereocenters. The summed E-state index contributed by atoms with van der Waals surface area (Å²) in [6.07, 6.45) is 15.5. The zero-order valence-electron chi connectivity index (χ0n) is 17.1. The molecule has 0 amide bonds. The largest absolute Gasteiger partial charge is 0.375 e. The lowest BCUT2D eigenvalue weighted by atomic mass is 9.65. The molecule has 1 aromatic carbocycles. The number of benzene rings is 1. The second-order valence-corrected chi connectivity index (χ2v) is 8.96. The molecule has 2 heterocycles. The molecular weight excluding hydrogens is 349 g/mol. The Balaban J connectivity index is 1.48. The molecule has 1 aromatic heterocycles. The number of halogens is 1. The first-order valence-corrected chi connectivity index (χ1v) is 10.9. The van der Waals surface area contributed by atoms with Crippen molar-refractivity contribution in [3.63, 3.8) is 0 Å². The van der Waals surface area contributed by atoms with Gasteiger partial charge in [0.2, 0.25) is 0 Å². The summed E-state index contributed by atoms with van der Waals surface area (Å²) >= 11 is 0. The Hall–Kier alpha value is -1.74. The molecule has 1 saturated heterocycles. The lowest BCUT2D eigenvalue weighted by Gasteiger charge is -2.47. The molecule has 2 nitrogen and oxygen atoms in total. The van der Waals surface area contributed by atoms with Gasteiger partial charge in [-0.25, -0.2) is 4.39 Å². The number of aryl methyl sites for hydroxylation is 2. The second kappa shape index (κ2) is 8.32. The minimum absolute atomic E-state index is 0.0621. The van der Waals surface area contributed by atoms with Gasteiger partial charge in [-0.2, -0.15) is 0 Å². The SMILES string of the molecule is Cc1ccncc1CCCC[C@@]1(c2ccc(F)cc2)CCOC2(CCCC2)C1. The summed E-state index contributed by atoms with van der Waals surface area (Å²) in [5.74, 6) is -0.145. The first kappa shape index (κ1) is 19.6. The maximum Gasteiger partial charge on any atom is 0.123 e. The highest BCUT2D eigenvalue weighted by molar-refractivity contribution is 5.28. The van der Waals surface area contributed by atoms with E-state index in [1.807, 2.05) is 24.5 Å². The monoisotopic (exact) mass is 381 g/mol. The van der Waals surface area contributed by atoms with Crippen LogP contribution >= 0.6 is 0 Å². The van der Waals surface area contributed by atoms with Crippen LogP contribution in [0, 0.1) is 12.7 Å². The molecular formula is C25H32FNO. The van der Waals surface area contributed by atoms with Crippen LogP contribution in [0.2, 0.25) is 0 Å². The van der Waals surface area contributed by atoms with Gasteiger partial charge in [-0.15, -0.1) is 0 Å². The molecule has 2 aliphatic rings. The van der Waals surface area contributed by atoms with Crippen molar-refractivity contribution in [2.24, 2.45) is 0 Å². The Bertz CT molecular complexity index is 781. The Kier molecular flexibility index (Phi) is 5.82. The number of nitrogens with zero attached hydrogens (tertiary/aromatic N) is 1. The Labute approximate surface area is 168 Å². The number of pyridine rings is 1. The third kappa shape index (κ3) is 4.15. The van der Waals surface area contributed by atoms with Gasteiger partial charge in [-0.3, -0.25) is 4.98 Å². The molecule has 1 spiro atoms. The van der Waals surface area contributed by atoms with Crippen LogP contribution in [-0.4, -0.2) is 17.2 Å². The van der Waals surface area contributed by atoms with Crippen molar-refractivity contribution < 1.29 is 9.13 Å². The fraction of sp³-hybridized carbons (Fsp3) is 0.560. The van der Waals surface area contributed by atoms with Crippen molar-refractivity contribution in [1.82, 2.24) is 4.98 Å². The summed E-state index contributed by atoms with van der Waals surface area (Å²) in [7, 11) is 0. The van der Waals surface area contributed by atoms with E-state index >= 15 is 0 Å². The van der Waals surface area contributed by atoms with E-state index in [4.69, 9.17) is 4.74 Å². The molecule has 1 saturated carbocycles. The molecule has 0 unspecified atom stereocenters. The molecule has 0 bridgehead atoms. The van der Waals surface area contributed by atoms with Crippen LogP contribution in [0.3, 0.4) is 0 Å². The van der Waals surface area contributed by atoms with Gasteiger partial charge in [0, 0.05) is 24.4 Å². The fourth-order valence-electron chi connectivity index (χ4n) is 5.50. The number of unbranched alkanes of at least 4 members (excludes halogenated alkanes) is 1. The van der Waals surface area contributed by atoms with Gasteiger partial charge in [0.05, 0.1) is 5.60 Å². The van der Waals surface area contributed by atoms with Gasteiger partial charge in [0.25, 0.3) is 0 Å². The third-order valence-corrected chi connectivity index (χ3v) is 7.12. The zero-order chi connectivity index (χ0) is 19.5. The zero-order valence-corrected chi connectivity index (χ0v) is 17.1. The van der Waals surface area contributed by atoms with E-state index in [0.717, 1.165) is 32.3 Å². The van der Waals surface area contributed by atoms with Crippen LogP contribution < -0.4 is 0 Å². The molecule has 28 heavy (non-hydrogen) atoms. The van der Waals surface area contributed by atoms with Gasteiger partial charge >= 0.3 is 0 Å². The van der Waals surface area contributed by atoms with Gasteiger partial charge < -0.3 is 4.74 Å². The number of ether oxygens (including phenoxy) is 1. The second-order valence-electron chi connectivity index (χ2n) is 8.96. The summed E-state index contributed by atoms with van der Waals surface area (Å²) in [5.41, 5.74) is 4.19. The van der Waals surface area contributed by atoms with Crippen LogP contribution in [-0.2, 0) is 16.6 Å². The third-order valence-electron chi connectivity index (χ3n) is 7.12. The first-order valence-electron chi connectivity index (χ1n) is 10.9. The highest BCUT2D eigenvalue weighted by atomic mass is 19.1. The van der Waals surface area contributed by atoms with Crippen molar-refractivity contribution in [2.45, 2.75) is 82.1 Å². The highest BCUT2D eigenvalue weighted by Crippen LogP contribution is 2.50. The van der Waals surface area contributed by atoms with Gasteiger partial charge in [-0.05, 0) is 86.8 Å². The highest BCUT2D eigenvalue weighted by Gasteiger charge is 2.47. The number of hydrogen-bond acceptors (Lipinski definition) is 2. The van der Waals surface area contributed by atoms with E-state index in [2.05, 4.69) is 18.0 Å². The average Bonchev–Trinajstić information content (AvgIpc) is 3.14. The summed E-state index contributed by atoms with van der Waals surface area (Å²) < 4.78 is 19.9. The standard InChI is InChI=1S/C25H32FNO/c1-20-11-16-27-18-21(20)6-2-3-12-24(22-7-9-23(26)10-8-22)15-17-28-25(19-24)13-4-5-14-25/h7-11,16,18H,2-6,12-15,17,19H2,1H3/t24-/m1/s1. The van der Waals surface area contributed by atoms with Crippen molar-refractivity contribution in [3.05, 3.63) is 65.2 Å². The van der Waals surface area contributed by atoms with E-state index in [1.165, 1.54) is 55.2 Å². The van der Waals surface area contributed by atoms with Gasteiger partial charge in [-0.1, -0.05) is 31.4 Å². The molecule has 1 aliphatic heterocycles. The predicted molar refractivity (Wildman–Crippen MR) is 111 cm³/mol. The minimum atomic E-state index is -0.145. The lowest BCUT2D eigenvalue weighted by molar-refractivity contribution is -0.104. The first-order chi connectivity index (χ1) is 13.6. The molecule has 0 radical (unpaired) electrons. The molecule has 4 rings (SSSR count). The van der Waals surface area contributed by atoms with Crippen molar-refractivity contribution in [1.29, 1.82) is 0 Å². The van der Waals surface area contributed by atoms with Crippen molar-refractivity contribution in [3.8, 4) is 0 Å². The summed E-state index contributed by atoms with van der Waals surface area (Å²) in [6.45, 7) is 3.00. The molecule has 1 aliphatic carbocycles. The van der Waals surface area contributed by atoms with Crippen LogP contribution in [0.25, 0.3) is 0 Å². The molecule has 150 valence electrons. The van der Waals surface area contributed by atoms with Gasteiger partial charge in [0.1, 0.15) is 5.82 Å². The molecule has 0 N–H and O–H groups in total. The van der Waals surface area contributed by atoms with E-state index in [-0.39, 0.29) is 16.8 Å². The summed E-state index contributed by atoms with van der Waals surface area (Å²) in [5, 5.41) is 0. The van der Waals surface area contributed by atoms with E-state index in [9.17, 15) is 4.39 Å². The van der Waals surface area contributed by atoms with Gasteiger partial charge in [0.15, 0.2) is 0 Å². The Morgan fingerprint density at radius 3 is 2.57 bits per heavy atom. The number of rotatable bonds is 6. The lowest BCUT2D eigenvalue weighted by Crippen LogP contribution is -2.46. The predicted octanol–water partition coefficient (Wildman–Crippen LogP) is 6.30. The van der Waals surface area contributed by atoms with Crippen LogP contribution in [0.4, 0.5) is 4.39 Å². The van der Waals surface area contributed by atoms with E-state index in [0.29, 0.717) is 0 Å². The fourth-order valence-corrected chi connectivity index (χ4v) is 5.50. The molecule has 3 heteroatoms.